The molecule has 0 aromatic heterocycles. The summed E-state index contributed by atoms with van der Waals surface area (Å²) in [6.07, 6.45) is 2.18. The molecule has 0 heterocycles. The van der Waals surface area contributed by atoms with Gasteiger partial charge in [-0.25, -0.2) is 0 Å². The number of nitrogens with zero attached hydrogens (tertiary/aromatic N) is 1. The Hall–Kier alpha value is -1.84. The Balaban J connectivity index is 2.29. The lowest BCUT2D eigenvalue weighted by Gasteiger charge is -2.26. The van der Waals surface area contributed by atoms with E-state index in [2.05, 4.69) is 20.8 Å². The molecule has 2 rings (SSSR count). The van der Waals surface area contributed by atoms with Crippen LogP contribution in [0, 0.1) is 5.92 Å². The third-order valence-electron chi connectivity index (χ3n) is 3.75. The molecule has 0 saturated heterocycles. The number of rotatable bonds is 5. The molecule has 1 amide bonds. The fraction of sp³-hybridized carbons (Fsp3) is 0.529. The molecule has 0 aliphatic heterocycles. The second kappa shape index (κ2) is 5.88. The molecule has 0 radical (unpaired) electrons. The summed E-state index contributed by atoms with van der Waals surface area (Å²) in [7, 11) is 0. The zero-order valence-corrected chi connectivity index (χ0v) is 12.9. The quantitative estimate of drug-likeness (QED) is 0.906. The Morgan fingerprint density at radius 3 is 2.38 bits per heavy atom. The van der Waals surface area contributed by atoms with Gasteiger partial charge < -0.3 is 10.0 Å². The molecule has 0 bridgehead atoms. The molecule has 1 saturated carbocycles. The lowest BCUT2D eigenvalue weighted by molar-refractivity contribution is -0.137. The maximum atomic E-state index is 12.8. The summed E-state index contributed by atoms with van der Waals surface area (Å²) in [5, 5.41) is 9.05. The van der Waals surface area contributed by atoms with E-state index in [9.17, 15) is 9.59 Å². The molecule has 0 spiro atoms. The van der Waals surface area contributed by atoms with Crippen LogP contribution in [0.1, 0.15) is 49.5 Å². The number of carbonyl (C=O) groups is 2. The normalized spacial score (nSPS) is 14.8. The number of carboxylic acids is 1. The van der Waals surface area contributed by atoms with Gasteiger partial charge in [-0.3, -0.25) is 9.59 Å². The van der Waals surface area contributed by atoms with E-state index >= 15 is 0 Å². The smallest absolute Gasteiger partial charge is 0.323 e. The Labute approximate surface area is 125 Å². The number of carboxylic acid groups (broad SMARTS) is 1. The molecule has 114 valence electrons. The van der Waals surface area contributed by atoms with Crippen LogP contribution in [0.3, 0.4) is 0 Å². The molecule has 1 aromatic rings. The van der Waals surface area contributed by atoms with Crippen LogP contribution in [0.2, 0.25) is 0 Å². The van der Waals surface area contributed by atoms with Gasteiger partial charge in [0.05, 0.1) is 0 Å². The van der Waals surface area contributed by atoms with Gasteiger partial charge in [0.25, 0.3) is 5.91 Å². The van der Waals surface area contributed by atoms with Crippen molar-refractivity contribution >= 4 is 11.9 Å². The number of amides is 1. The second-order valence-corrected chi connectivity index (χ2v) is 6.82. The number of aliphatic carboxylic acids is 1. The summed E-state index contributed by atoms with van der Waals surface area (Å²) in [4.78, 5) is 25.3. The molecule has 1 aliphatic carbocycles. The summed E-state index contributed by atoms with van der Waals surface area (Å²) < 4.78 is 0. The van der Waals surface area contributed by atoms with Crippen LogP contribution in [-0.2, 0) is 10.2 Å². The van der Waals surface area contributed by atoms with Crippen LogP contribution in [-0.4, -0.2) is 35.0 Å². The zero-order chi connectivity index (χ0) is 15.6. The largest absolute Gasteiger partial charge is 0.480 e. The fourth-order valence-electron chi connectivity index (χ4n) is 2.49. The van der Waals surface area contributed by atoms with Crippen molar-refractivity contribution in [1.29, 1.82) is 0 Å². The van der Waals surface area contributed by atoms with Gasteiger partial charge in [0.15, 0.2) is 0 Å². The first kappa shape index (κ1) is 15.5. The van der Waals surface area contributed by atoms with Gasteiger partial charge >= 0.3 is 5.97 Å². The van der Waals surface area contributed by atoms with Crippen molar-refractivity contribution in [2.45, 2.75) is 39.0 Å². The highest BCUT2D eigenvalue weighted by Crippen LogP contribution is 2.31. The Morgan fingerprint density at radius 1 is 1.24 bits per heavy atom. The van der Waals surface area contributed by atoms with Gasteiger partial charge in [0, 0.05) is 12.1 Å². The highest BCUT2D eigenvalue weighted by molar-refractivity contribution is 5.97. The topological polar surface area (TPSA) is 57.6 Å². The molecule has 0 atom stereocenters. The van der Waals surface area contributed by atoms with Crippen molar-refractivity contribution in [2.24, 2.45) is 5.92 Å². The van der Waals surface area contributed by atoms with E-state index < -0.39 is 5.97 Å². The molecule has 1 fully saturated rings. The van der Waals surface area contributed by atoms with E-state index in [1.54, 1.807) is 6.07 Å². The molecule has 21 heavy (non-hydrogen) atoms. The van der Waals surface area contributed by atoms with Gasteiger partial charge in [-0.1, -0.05) is 39.0 Å². The van der Waals surface area contributed by atoms with Crippen LogP contribution >= 0.6 is 0 Å². The van der Waals surface area contributed by atoms with Gasteiger partial charge in [-0.2, -0.15) is 0 Å². The van der Waals surface area contributed by atoms with Crippen LogP contribution in [0.5, 0.6) is 0 Å². The standard InChI is InChI=1S/C17H23NO3/c1-17(2,3)14-7-5-4-6-13(14)16(21)18(11-15(19)20)10-12-8-9-12/h4-7,12H,8-11H2,1-3H3,(H,19,20). The van der Waals surface area contributed by atoms with Crippen molar-refractivity contribution < 1.29 is 14.7 Å². The van der Waals surface area contributed by atoms with E-state index in [4.69, 9.17) is 5.11 Å². The zero-order valence-electron chi connectivity index (χ0n) is 12.9. The van der Waals surface area contributed by atoms with Crippen molar-refractivity contribution in [1.82, 2.24) is 4.90 Å². The Morgan fingerprint density at radius 2 is 1.86 bits per heavy atom. The number of hydrogen-bond donors (Lipinski definition) is 1. The molecular weight excluding hydrogens is 266 g/mol. The number of carbonyl (C=O) groups excluding carboxylic acids is 1. The SMILES string of the molecule is CC(C)(C)c1ccccc1C(=O)N(CC(=O)O)CC1CC1. The minimum absolute atomic E-state index is 0.152. The Kier molecular flexibility index (Phi) is 4.35. The van der Waals surface area contributed by atoms with Gasteiger partial charge in [-0.05, 0) is 35.8 Å². The van der Waals surface area contributed by atoms with Gasteiger partial charge in [-0.15, -0.1) is 0 Å². The first-order valence-electron chi connectivity index (χ1n) is 7.39. The molecule has 4 heteroatoms. The minimum Gasteiger partial charge on any atom is -0.480 e. The lowest BCUT2D eigenvalue weighted by atomic mass is 9.83. The maximum absolute atomic E-state index is 12.8. The molecular formula is C17H23NO3. The molecule has 1 aliphatic rings. The van der Waals surface area contributed by atoms with Crippen LogP contribution < -0.4 is 0 Å². The van der Waals surface area contributed by atoms with Crippen LogP contribution in [0.4, 0.5) is 0 Å². The molecule has 1 N–H and O–H groups in total. The van der Waals surface area contributed by atoms with Crippen molar-refractivity contribution in [2.75, 3.05) is 13.1 Å². The predicted octanol–water partition coefficient (Wildman–Crippen LogP) is 2.92. The van der Waals surface area contributed by atoms with E-state index in [1.807, 2.05) is 18.2 Å². The third kappa shape index (κ3) is 4.06. The predicted molar refractivity (Wildman–Crippen MR) is 81.4 cm³/mol. The van der Waals surface area contributed by atoms with Crippen LogP contribution in [0.25, 0.3) is 0 Å². The maximum Gasteiger partial charge on any atom is 0.323 e. The van der Waals surface area contributed by atoms with Crippen molar-refractivity contribution in [3.63, 3.8) is 0 Å². The van der Waals surface area contributed by atoms with Crippen molar-refractivity contribution in [3.8, 4) is 0 Å². The van der Waals surface area contributed by atoms with Crippen molar-refractivity contribution in [3.05, 3.63) is 35.4 Å². The van der Waals surface area contributed by atoms with E-state index in [0.29, 0.717) is 18.0 Å². The summed E-state index contributed by atoms with van der Waals surface area (Å²) >= 11 is 0. The average Bonchev–Trinajstić information content (AvgIpc) is 3.19. The highest BCUT2D eigenvalue weighted by atomic mass is 16.4. The monoisotopic (exact) mass is 289 g/mol. The van der Waals surface area contributed by atoms with E-state index in [-0.39, 0.29) is 17.9 Å². The molecule has 0 unspecified atom stereocenters. The minimum atomic E-state index is -0.961. The van der Waals surface area contributed by atoms with Gasteiger partial charge in [0.2, 0.25) is 0 Å². The number of benzene rings is 1. The summed E-state index contributed by atoms with van der Waals surface area (Å²) in [6.45, 7) is 6.49. The first-order valence-corrected chi connectivity index (χ1v) is 7.39. The Bertz CT molecular complexity index is 541. The van der Waals surface area contributed by atoms with E-state index in [1.165, 1.54) is 4.90 Å². The second-order valence-electron chi connectivity index (χ2n) is 6.82. The molecule has 4 nitrogen and oxygen atoms in total. The molecule has 1 aromatic carbocycles. The van der Waals surface area contributed by atoms with Gasteiger partial charge in [0.1, 0.15) is 6.54 Å². The van der Waals surface area contributed by atoms with E-state index in [0.717, 1.165) is 18.4 Å². The van der Waals surface area contributed by atoms with Crippen LogP contribution in [0.15, 0.2) is 24.3 Å². The summed E-state index contributed by atoms with van der Waals surface area (Å²) in [5.41, 5.74) is 1.42. The number of hydrogen-bond acceptors (Lipinski definition) is 2. The highest BCUT2D eigenvalue weighted by Gasteiger charge is 2.30. The lowest BCUT2D eigenvalue weighted by Crippen LogP contribution is -2.38. The average molecular weight is 289 g/mol. The first-order chi connectivity index (χ1) is 9.79. The third-order valence-corrected chi connectivity index (χ3v) is 3.75. The fourth-order valence-corrected chi connectivity index (χ4v) is 2.49. The summed E-state index contributed by atoms with van der Waals surface area (Å²) in [6, 6.07) is 7.49. The summed E-state index contributed by atoms with van der Waals surface area (Å²) in [5.74, 6) is -0.665.